The molecule has 0 saturated heterocycles. The van der Waals surface area contributed by atoms with Crippen LogP contribution in [0.3, 0.4) is 0 Å². The first kappa shape index (κ1) is 13.9. The normalized spacial score (nSPS) is 26.9. The summed E-state index contributed by atoms with van der Waals surface area (Å²) >= 11 is 0. The molecule has 1 aliphatic rings. The number of benzene rings is 1. The summed E-state index contributed by atoms with van der Waals surface area (Å²) in [5.74, 6) is -1.03. The molecule has 4 heteroatoms. The predicted molar refractivity (Wildman–Crippen MR) is 74.2 cm³/mol. The van der Waals surface area contributed by atoms with E-state index in [1.807, 2.05) is 31.2 Å². The summed E-state index contributed by atoms with van der Waals surface area (Å²) in [6.45, 7) is 2.50. The lowest BCUT2D eigenvalue weighted by Crippen LogP contribution is -2.41. The molecular weight excluding hydrogens is 242 g/mol. The van der Waals surface area contributed by atoms with Crippen LogP contribution in [0.1, 0.15) is 31.2 Å². The highest BCUT2D eigenvalue weighted by Gasteiger charge is 2.35. The van der Waals surface area contributed by atoms with E-state index >= 15 is 0 Å². The number of hydrogen-bond acceptors (Lipinski definition) is 3. The maximum absolute atomic E-state index is 10.9. The van der Waals surface area contributed by atoms with E-state index in [0.29, 0.717) is 32.2 Å². The lowest BCUT2D eigenvalue weighted by Gasteiger charge is -2.35. The number of carboxylic acids is 1. The molecule has 1 aromatic rings. The fraction of sp³-hybridized carbons (Fsp3) is 0.533. The first-order valence-electron chi connectivity index (χ1n) is 6.75. The van der Waals surface area contributed by atoms with Crippen LogP contribution < -0.4 is 5.32 Å². The van der Waals surface area contributed by atoms with Crippen LogP contribution in [0.4, 0.5) is 5.69 Å². The van der Waals surface area contributed by atoms with Gasteiger partial charge in [0.05, 0.1) is 11.5 Å². The van der Waals surface area contributed by atoms with Gasteiger partial charge in [0.25, 0.3) is 0 Å². The van der Waals surface area contributed by atoms with Crippen molar-refractivity contribution < 1.29 is 15.0 Å². The quantitative estimate of drug-likeness (QED) is 0.780. The van der Waals surface area contributed by atoms with E-state index in [-0.39, 0.29) is 5.92 Å². The minimum Gasteiger partial charge on any atom is -0.481 e. The molecule has 104 valence electrons. The molecule has 0 bridgehead atoms. The van der Waals surface area contributed by atoms with E-state index in [9.17, 15) is 9.90 Å². The number of anilines is 1. The summed E-state index contributed by atoms with van der Waals surface area (Å²) < 4.78 is 0. The fourth-order valence-electron chi connectivity index (χ4n) is 2.61. The van der Waals surface area contributed by atoms with Crippen molar-refractivity contribution in [3.05, 3.63) is 29.8 Å². The van der Waals surface area contributed by atoms with E-state index < -0.39 is 11.6 Å². The van der Waals surface area contributed by atoms with Crippen molar-refractivity contribution >= 4 is 11.7 Å². The number of nitrogens with one attached hydrogen (secondary N) is 1. The molecule has 3 N–H and O–H groups in total. The molecule has 0 heterocycles. The van der Waals surface area contributed by atoms with Gasteiger partial charge in [0.15, 0.2) is 0 Å². The molecule has 0 amide bonds. The van der Waals surface area contributed by atoms with Gasteiger partial charge in [0.2, 0.25) is 0 Å². The highest BCUT2D eigenvalue weighted by Crippen LogP contribution is 2.32. The number of para-hydroxylation sites is 1. The minimum atomic E-state index is -0.784. The largest absolute Gasteiger partial charge is 0.481 e. The van der Waals surface area contributed by atoms with Crippen LogP contribution >= 0.6 is 0 Å². The topological polar surface area (TPSA) is 69.6 Å². The van der Waals surface area contributed by atoms with Gasteiger partial charge in [-0.15, -0.1) is 0 Å². The van der Waals surface area contributed by atoms with Gasteiger partial charge >= 0.3 is 5.97 Å². The smallest absolute Gasteiger partial charge is 0.306 e. The first-order chi connectivity index (χ1) is 9.00. The van der Waals surface area contributed by atoms with Gasteiger partial charge in [-0.25, -0.2) is 0 Å². The Morgan fingerprint density at radius 1 is 1.37 bits per heavy atom. The number of hydrogen-bond donors (Lipinski definition) is 3. The average molecular weight is 263 g/mol. The van der Waals surface area contributed by atoms with Crippen molar-refractivity contribution in [2.45, 2.75) is 38.2 Å². The third kappa shape index (κ3) is 3.47. The van der Waals surface area contributed by atoms with Gasteiger partial charge < -0.3 is 15.5 Å². The molecule has 1 aromatic carbocycles. The Morgan fingerprint density at radius 3 is 2.58 bits per heavy atom. The standard InChI is InChI=1S/C15H21NO3/c1-11-4-2-3-5-13(11)16-10-15(19)8-6-12(7-9-15)14(17)18/h2-5,12,16,19H,6-10H2,1H3,(H,17,18). The molecule has 1 saturated carbocycles. The van der Waals surface area contributed by atoms with E-state index in [2.05, 4.69) is 5.32 Å². The monoisotopic (exact) mass is 263 g/mol. The first-order valence-corrected chi connectivity index (χ1v) is 6.75. The predicted octanol–water partition coefficient (Wildman–Crippen LogP) is 2.41. The van der Waals surface area contributed by atoms with E-state index in [0.717, 1.165) is 11.3 Å². The number of aliphatic hydroxyl groups is 1. The van der Waals surface area contributed by atoms with E-state index in [1.165, 1.54) is 0 Å². The van der Waals surface area contributed by atoms with Crippen LogP contribution in [0.15, 0.2) is 24.3 Å². The van der Waals surface area contributed by atoms with Crippen LogP contribution in [0.5, 0.6) is 0 Å². The van der Waals surface area contributed by atoms with Crippen LogP contribution in [-0.2, 0) is 4.79 Å². The van der Waals surface area contributed by atoms with Gasteiger partial charge in [0.1, 0.15) is 0 Å². The Bertz CT molecular complexity index is 450. The molecule has 19 heavy (non-hydrogen) atoms. The van der Waals surface area contributed by atoms with Gasteiger partial charge in [-0.05, 0) is 44.2 Å². The number of carbonyl (C=O) groups is 1. The Morgan fingerprint density at radius 2 is 2.00 bits per heavy atom. The summed E-state index contributed by atoms with van der Waals surface area (Å²) in [5, 5.41) is 22.7. The summed E-state index contributed by atoms with van der Waals surface area (Å²) in [6, 6.07) is 7.95. The zero-order valence-electron chi connectivity index (χ0n) is 11.2. The molecule has 2 rings (SSSR count). The highest BCUT2D eigenvalue weighted by molar-refractivity contribution is 5.70. The van der Waals surface area contributed by atoms with Crippen molar-refractivity contribution in [3.8, 4) is 0 Å². The lowest BCUT2D eigenvalue weighted by atomic mass is 9.79. The Kier molecular flexibility index (Phi) is 4.10. The fourth-order valence-corrected chi connectivity index (χ4v) is 2.61. The van der Waals surface area contributed by atoms with E-state index in [1.54, 1.807) is 0 Å². The lowest BCUT2D eigenvalue weighted by molar-refractivity contribution is -0.144. The summed E-state index contributed by atoms with van der Waals surface area (Å²) in [5.41, 5.74) is 1.38. The molecule has 0 radical (unpaired) electrons. The molecule has 0 atom stereocenters. The number of aryl methyl sites for hydroxylation is 1. The van der Waals surface area contributed by atoms with Crippen LogP contribution in [0, 0.1) is 12.8 Å². The van der Waals surface area contributed by atoms with Gasteiger partial charge in [-0.3, -0.25) is 4.79 Å². The SMILES string of the molecule is Cc1ccccc1NCC1(O)CCC(C(=O)O)CC1. The van der Waals surface area contributed by atoms with Crippen LogP contribution in [-0.4, -0.2) is 28.3 Å². The third-order valence-corrected chi connectivity index (χ3v) is 4.02. The molecule has 0 aromatic heterocycles. The summed E-state index contributed by atoms with van der Waals surface area (Å²) in [6.07, 6.45) is 2.20. The molecular formula is C15H21NO3. The molecule has 0 spiro atoms. The number of rotatable bonds is 4. The van der Waals surface area contributed by atoms with Crippen molar-refractivity contribution in [3.63, 3.8) is 0 Å². The second-order valence-corrected chi connectivity index (χ2v) is 5.51. The number of carboxylic acid groups (broad SMARTS) is 1. The zero-order chi connectivity index (χ0) is 13.9. The van der Waals surface area contributed by atoms with Crippen LogP contribution in [0.2, 0.25) is 0 Å². The van der Waals surface area contributed by atoms with Gasteiger partial charge in [-0.1, -0.05) is 18.2 Å². The molecule has 1 fully saturated rings. The summed E-state index contributed by atoms with van der Waals surface area (Å²) in [4.78, 5) is 10.9. The maximum atomic E-state index is 10.9. The van der Waals surface area contributed by atoms with Gasteiger partial charge in [0, 0.05) is 12.2 Å². The summed E-state index contributed by atoms with van der Waals surface area (Å²) in [7, 11) is 0. The van der Waals surface area contributed by atoms with Crippen molar-refractivity contribution in [2.24, 2.45) is 5.92 Å². The second kappa shape index (κ2) is 5.61. The molecule has 0 unspecified atom stereocenters. The van der Waals surface area contributed by atoms with Crippen molar-refractivity contribution in [1.29, 1.82) is 0 Å². The number of aliphatic carboxylic acids is 1. The Balaban J connectivity index is 1.90. The minimum absolute atomic E-state index is 0.293. The highest BCUT2D eigenvalue weighted by atomic mass is 16.4. The van der Waals surface area contributed by atoms with Crippen molar-refractivity contribution in [2.75, 3.05) is 11.9 Å². The third-order valence-electron chi connectivity index (χ3n) is 4.02. The molecule has 4 nitrogen and oxygen atoms in total. The van der Waals surface area contributed by atoms with Crippen molar-refractivity contribution in [1.82, 2.24) is 0 Å². The second-order valence-electron chi connectivity index (χ2n) is 5.51. The van der Waals surface area contributed by atoms with E-state index in [4.69, 9.17) is 5.11 Å². The Labute approximate surface area is 113 Å². The molecule has 1 aliphatic carbocycles. The zero-order valence-corrected chi connectivity index (χ0v) is 11.2. The van der Waals surface area contributed by atoms with Gasteiger partial charge in [-0.2, -0.15) is 0 Å². The average Bonchev–Trinajstić information content (AvgIpc) is 2.38. The Hall–Kier alpha value is -1.55. The van der Waals surface area contributed by atoms with Crippen LogP contribution in [0.25, 0.3) is 0 Å². The molecule has 0 aliphatic heterocycles. The maximum Gasteiger partial charge on any atom is 0.306 e.